The van der Waals surface area contributed by atoms with Gasteiger partial charge in [0.05, 0.1) is 13.2 Å². The van der Waals surface area contributed by atoms with Gasteiger partial charge in [-0.25, -0.2) is 18.9 Å². The summed E-state index contributed by atoms with van der Waals surface area (Å²) in [5.41, 5.74) is -0.00660. The summed E-state index contributed by atoms with van der Waals surface area (Å²) in [5, 5.41) is 10.5. The molecule has 11 nitrogen and oxygen atoms in total. The molecule has 4 rings (SSSR count). The Bertz CT molecular complexity index is 999. The Morgan fingerprint density at radius 3 is 2.88 bits per heavy atom. The summed E-state index contributed by atoms with van der Waals surface area (Å²) in [6, 6.07) is 1.59. The van der Waals surface area contributed by atoms with Crippen molar-refractivity contribution in [3.8, 4) is 0 Å². The van der Waals surface area contributed by atoms with Crippen molar-refractivity contribution in [2.24, 2.45) is 0 Å². The highest BCUT2D eigenvalue weighted by Crippen LogP contribution is 2.16. The van der Waals surface area contributed by atoms with Crippen LogP contribution in [-0.2, 0) is 16.1 Å². The monoisotopic (exact) mass is 359 g/mol. The molecule has 1 amide bonds. The molecule has 3 aromatic rings. The van der Waals surface area contributed by atoms with Crippen LogP contribution in [0.25, 0.3) is 5.65 Å². The van der Waals surface area contributed by atoms with Crippen LogP contribution in [0.15, 0.2) is 27.8 Å². The summed E-state index contributed by atoms with van der Waals surface area (Å²) in [7, 11) is 0. The topological polar surface area (TPSA) is 120 Å². The van der Waals surface area contributed by atoms with Gasteiger partial charge < -0.3 is 19.5 Å². The van der Waals surface area contributed by atoms with Gasteiger partial charge in [0.25, 0.3) is 0 Å². The van der Waals surface area contributed by atoms with E-state index in [9.17, 15) is 9.59 Å². The number of nitrogens with zero attached hydrogens (tertiary/aromatic N) is 6. The molecule has 0 saturated carbocycles. The van der Waals surface area contributed by atoms with E-state index in [1.807, 2.05) is 4.90 Å². The van der Waals surface area contributed by atoms with Gasteiger partial charge in [-0.1, -0.05) is 5.16 Å². The Hall–Kier alpha value is -3.21. The van der Waals surface area contributed by atoms with Gasteiger partial charge in [-0.2, -0.15) is 0 Å². The van der Waals surface area contributed by atoms with Crippen LogP contribution in [0.3, 0.4) is 0 Å². The number of carbonyl (C=O) groups excluding carboxylic acids is 1. The van der Waals surface area contributed by atoms with E-state index < -0.39 is 11.6 Å². The normalized spacial score (nSPS) is 14.7. The SMILES string of the molecule is Cc1cc(NC(=O)Cn2nc3c(N4CCOCC4)nccn3c2=O)no1. The van der Waals surface area contributed by atoms with Crippen LogP contribution >= 0.6 is 0 Å². The van der Waals surface area contributed by atoms with E-state index in [1.54, 1.807) is 19.2 Å². The van der Waals surface area contributed by atoms with Crippen molar-refractivity contribution in [2.75, 3.05) is 36.5 Å². The molecule has 3 aromatic heterocycles. The number of amides is 1. The number of anilines is 2. The molecule has 0 unspecified atom stereocenters. The maximum absolute atomic E-state index is 12.5. The third kappa shape index (κ3) is 3.04. The zero-order valence-electron chi connectivity index (χ0n) is 14.1. The van der Waals surface area contributed by atoms with Crippen LogP contribution in [0.1, 0.15) is 5.76 Å². The van der Waals surface area contributed by atoms with Gasteiger partial charge in [0.1, 0.15) is 12.3 Å². The predicted molar refractivity (Wildman–Crippen MR) is 90.1 cm³/mol. The number of nitrogens with one attached hydrogen (secondary N) is 1. The number of aromatic nitrogens is 5. The Morgan fingerprint density at radius 2 is 2.15 bits per heavy atom. The van der Waals surface area contributed by atoms with E-state index in [1.165, 1.54) is 10.6 Å². The average molecular weight is 359 g/mol. The van der Waals surface area contributed by atoms with Crippen molar-refractivity contribution in [3.63, 3.8) is 0 Å². The van der Waals surface area contributed by atoms with Crippen LogP contribution in [0.4, 0.5) is 11.6 Å². The number of rotatable bonds is 4. The van der Waals surface area contributed by atoms with Crippen LogP contribution in [0, 0.1) is 6.92 Å². The van der Waals surface area contributed by atoms with Crippen molar-refractivity contribution in [1.29, 1.82) is 0 Å². The zero-order chi connectivity index (χ0) is 18.1. The molecule has 0 radical (unpaired) electrons. The van der Waals surface area contributed by atoms with E-state index in [0.29, 0.717) is 49.3 Å². The van der Waals surface area contributed by atoms with E-state index in [2.05, 4.69) is 20.6 Å². The van der Waals surface area contributed by atoms with E-state index in [-0.39, 0.29) is 6.54 Å². The number of aryl methyl sites for hydroxylation is 1. The predicted octanol–water partition coefficient (Wildman–Crippen LogP) is -0.337. The third-order valence-electron chi connectivity index (χ3n) is 3.98. The fourth-order valence-corrected chi connectivity index (χ4v) is 2.78. The highest BCUT2D eigenvalue weighted by molar-refractivity contribution is 5.89. The highest BCUT2D eigenvalue weighted by atomic mass is 16.5. The van der Waals surface area contributed by atoms with Crippen molar-refractivity contribution in [3.05, 3.63) is 34.7 Å². The van der Waals surface area contributed by atoms with E-state index >= 15 is 0 Å². The second-order valence-corrected chi connectivity index (χ2v) is 5.86. The van der Waals surface area contributed by atoms with Crippen molar-refractivity contribution >= 4 is 23.2 Å². The van der Waals surface area contributed by atoms with Gasteiger partial charge in [-0.05, 0) is 6.92 Å². The summed E-state index contributed by atoms with van der Waals surface area (Å²) in [4.78, 5) is 31.1. The van der Waals surface area contributed by atoms with Crippen molar-refractivity contribution in [1.82, 2.24) is 24.3 Å². The van der Waals surface area contributed by atoms with Crippen molar-refractivity contribution in [2.45, 2.75) is 13.5 Å². The number of morpholine rings is 1. The fourth-order valence-electron chi connectivity index (χ4n) is 2.78. The molecule has 11 heteroatoms. The molecule has 26 heavy (non-hydrogen) atoms. The standard InChI is InChI=1S/C15H17N7O4/c1-10-8-11(19-26-10)17-12(23)9-22-15(24)21-3-2-16-13(14(21)18-22)20-4-6-25-7-5-20/h2-3,8H,4-7,9H2,1H3,(H,17,19,23). The number of fused-ring (bicyclic) bond motifs is 1. The van der Waals surface area contributed by atoms with Crippen LogP contribution < -0.4 is 15.9 Å². The van der Waals surface area contributed by atoms with Gasteiger partial charge in [0, 0.05) is 31.5 Å². The van der Waals surface area contributed by atoms with Crippen LogP contribution in [0.2, 0.25) is 0 Å². The van der Waals surface area contributed by atoms with Gasteiger partial charge in [0.15, 0.2) is 11.6 Å². The maximum Gasteiger partial charge on any atom is 0.350 e. The Labute approximate surface area is 147 Å². The molecule has 0 aromatic carbocycles. The maximum atomic E-state index is 12.5. The van der Waals surface area contributed by atoms with E-state index in [0.717, 1.165) is 4.68 Å². The van der Waals surface area contributed by atoms with Crippen LogP contribution in [0.5, 0.6) is 0 Å². The summed E-state index contributed by atoms with van der Waals surface area (Å²) in [6.45, 7) is 3.99. The number of hydrogen-bond acceptors (Lipinski definition) is 8. The molecule has 0 aliphatic carbocycles. The summed E-state index contributed by atoms with van der Waals surface area (Å²) in [6.07, 6.45) is 3.08. The molecule has 1 aliphatic rings. The lowest BCUT2D eigenvalue weighted by atomic mass is 10.4. The second-order valence-electron chi connectivity index (χ2n) is 5.86. The lowest BCUT2D eigenvalue weighted by Gasteiger charge is -2.27. The Morgan fingerprint density at radius 1 is 1.35 bits per heavy atom. The summed E-state index contributed by atoms with van der Waals surface area (Å²) < 4.78 is 12.7. The summed E-state index contributed by atoms with van der Waals surface area (Å²) in [5.74, 6) is 1.04. The number of carbonyl (C=O) groups is 1. The first kappa shape index (κ1) is 16.3. The second kappa shape index (κ2) is 6.59. The molecule has 136 valence electrons. The molecule has 1 N–H and O–H groups in total. The largest absolute Gasteiger partial charge is 0.378 e. The Kier molecular flexibility index (Phi) is 4.13. The third-order valence-corrected chi connectivity index (χ3v) is 3.98. The molecule has 0 atom stereocenters. The van der Waals surface area contributed by atoms with Gasteiger partial charge >= 0.3 is 5.69 Å². The van der Waals surface area contributed by atoms with Gasteiger partial charge in [-0.3, -0.25) is 4.79 Å². The molecular formula is C15H17N7O4. The first-order valence-electron chi connectivity index (χ1n) is 8.12. The first-order valence-corrected chi connectivity index (χ1v) is 8.12. The quantitative estimate of drug-likeness (QED) is 0.672. The molecule has 1 aliphatic heterocycles. The molecular weight excluding hydrogens is 342 g/mol. The lowest BCUT2D eigenvalue weighted by molar-refractivity contribution is -0.117. The molecule has 1 fully saturated rings. The van der Waals surface area contributed by atoms with Gasteiger partial charge in [0.2, 0.25) is 11.6 Å². The lowest BCUT2D eigenvalue weighted by Crippen LogP contribution is -2.37. The first-order chi connectivity index (χ1) is 12.6. The van der Waals surface area contributed by atoms with Crippen LogP contribution in [-0.4, -0.2) is 56.5 Å². The average Bonchev–Trinajstić information content (AvgIpc) is 3.19. The zero-order valence-corrected chi connectivity index (χ0v) is 14.1. The highest BCUT2D eigenvalue weighted by Gasteiger charge is 2.20. The minimum Gasteiger partial charge on any atom is -0.378 e. The number of hydrogen-bond donors (Lipinski definition) is 1. The minimum absolute atomic E-state index is 0.241. The Balaban J connectivity index is 1.60. The number of ether oxygens (including phenoxy) is 1. The summed E-state index contributed by atoms with van der Waals surface area (Å²) >= 11 is 0. The van der Waals surface area contributed by atoms with E-state index in [4.69, 9.17) is 9.26 Å². The fraction of sp³-hybridized carbons (Fsp3) is 0.400. The molecule has 0 spiro atoms. The molecule has 0 bridgehead atoms. The van der Waals surface area contributed by atoms with Crippen molar-refractivity contribution < 1.29 is 14.1 Å². The van der Waals surface area contributed by atoms with Gasteiger partial charge in [-0.15, -0.1) is 5.10 Å². The molecule has 1 saturated heterocycles. The minimum atomic E-state index is -0.426. The molecule has 4 heterocycles. The smallest absolute Gasteiger partial charge is 0.350 e.